The smallest absolute Gasteiger partial charge is 0.170 e. The molecule has 1 saturated heterocycles. The fourth-order valence-corrected chi connectivity index (χ4v) is 4.98. The minimum absolute atomic E-state index is 0.0923. The Morgan fingerprint density at radius 2 is 1.96 bits per heavy atom. The molecule has 1 aliphatic carbocycles. The van der Waals surface area contributed by atoms with E-state index >= 15 is 0 Å². The molecule has 1 aliphatic heterocycles. The van der Waals surface area contributed by atoms with Crippen LogP contribution in [0.2, 0.25) is 0 Å². The van der Waals surface area contributed by atoms with Crippen molar-refractivity contribution in [1.82, 2.24) is 19.8 Å². The molecule has 2 aliphatic rings. The van der Waals surface area contributed by atoms with Crippen molar-refractivity contribution >= 4 is 17.3 Å². The first-order valence-electron chi connectivity index (χ1n) is 10.3. The molecule has 4 rings (SSSR count). The molecule has 0 spiro atoms. The number of hydrogen-bond acceptors (Lipinski definition) is 2. The fraction of sp³-hybridized carbons (Fsp3) is 0.545. The number of hydrogen-bond donors (Lipinski definition) is 1. The minimum Gasteiger partial charge on any atom is -0.352 e. The van der Waals surface area contributed by atoms with Crippen LogP contribution in [0.25, 0.3) is 0 Å². The molecule has 0 unspecified atom stereocenters. The van der Waals surface area contributed by atoms with Crippen LogP contribution in [0.15, 0.2) is 42.7 Å². The predicted octanol–water partition coefficient (Wildman–Crippen LogP) is 5.02. The number of nitrogens with zero attached hydrogens (tertiary/aromatic N) is 3. The van der Waals surface area contributed by atoms with E-state index in [4.69, 9.17) is 12.2 Å². The summed E-state index contributed by atoms with van der Waals surface area (Å²) < 4.78 is 2.53. The molecular formula is C22H30N4S. The lowest BCUT2D eigenvalue weighted by atomic mass is 9.94. The fourth-order valence-electron chi connectivity index (χ4n) is 4.67. The van der Waals surface area contributed by atoms with Crippen molar-refractivity contribution in [2.45, 2.75) is 64.1 Å². The van der Waals surface area contributed by atoms with Crippen LogP contribution in [0, 0.1) is 5.92 Å². The number of aromatic nitrogens is 2. The van der Waals surface area contributed by atoms with Crippen molar-refractivity contribution in [3.05, 3.63) is 54.1 Å². The zero-order valence-corrected chi connectivity index (χ0v) is 17.2. The summed E-state index contributed by atoms with van der Waals surface area (Å²) in [5, 5.41) is 4.42. The van der Waals surface area contributed by atoms with Gasteiger partial charge in [0.15, 0.2) is 5.11 Å². The zero-order chi connectivity index (χ0) is 18.8. The maximum Gasteiger partial charge on any atom is 0.170 e. The minimum atomic E-state index is 0.0923. The second-order valence-electron chi connectivity index (χ2n) is 8.30. The van der Waals surface area contributed by atoms with E-state index in [-0.39, 0.29) is 12.1 Å². The first-order valence-corrected chi connectivity index (χ1v) is 10.7. The predicted molar refractivity (Wildman–Crippen MR) is 114 cm³/mol. The lowest BCUT2D eigenvalue weighted by molar-refractivity contribution is 0.261. The van der Waals surface area contributed by atoms with Gasteiger partial charge in [-0.1, -0.05) is 39.2 Å². The van der Waals surface area contributed by atoms with Crippen molar-refractivity contribution < 1.29 is 0 Å². The van der Waals surface area contributed by atoms with Gasteiger partial charge >= 0.3 is 0 Å². The normalized spacial score (nSPS) is 23.8. The molecule has 0 aromatic carbocycles. The van der Waals surface area contributed by atoms with Crippen LogP contribution in [-0.2, 0) is 0 Å². The lowest BCUT2D eigenvalue weighted by Crippen LogP contribution is -2.34. The van der Waals surface area contributed by atoms with Gasteiger partial charge in [0.05, 0.1) is 17.8 Å². The third-order valence-electron chi connectivity index (χ3n) is 5.84. The largest absolute Gasteiger partial charge is 0.352 e. The van der Waals surface area contributed by atoms with E-state index in [1.807, 2.05) is 12.3 Å². The number of thiocarbonyl (C=S) groups is 1. The van der Waals surface area contributed by atoms with Crippen LogP contribution < -0.4 is 5.32 Å². The highest BCUT2D eigenvalue weighted by atomic mass is 32.1. The highest BCUT2D eigenvalue weighted by Gasteiger charge is 2.41. The Bertz CT molecular complexity index is 764. The second-order valence-corrected chi connectivity index (χ2v) is 8.69. The number of rotatable bonds is 5. The molecule has 0 amide bonds. The van der Waals surface area contributed by atoms with Crippen molar-refractivity contribution in [1.29, 1.82) is 0 Å². The van der Waals surface area contributed by atoms with Crippen molar-refractivity contribution in [2.24, 2.45) is 5.92 Å². The highest BCUT2D eigenvalue weighted by molar-refractivity contribution is 7.80. The SMILES string of the molecule is CC(C)CN1C(=S)N[C@H](c2ccccn2)[C@H]1c1cccn1C1CCCCC1. The Kier molecular flexibility index (Phi) is 5.48. The molecule has 0 radical (unpaired) electrons. The summed E-state index contributed by atoms with van der Waals surface area (Å²) in [4.78, 5) is 7.04. The maximum absolute atomic E-state index is 5.76. The Morgan fingerprint density at radius 1 is 1.15 bits per heavy atom. The first-order chi connectivity index (χ1) is 13.1. The van der Waals surface area contributed by atoms with Gasteiger partial charge in [-0.25, -0.2) is 0 Å². The van der Waals surface area contributed by atoms with E-state index < -0.39 is 0 Å². The Balaban J connectivity index is 1.73. The van der Waals surface area contributed by atoms with Gasteiger partial charge in [0.25, 0.3) is 0 Å². The summed E-state index contributed by atoms with van der Waals surface area (Å²) in [7, 11) is 0. The Hall–Kier alpha value is -1.88. The molecular weight excluding hydrogens is 352 g/mol. The highest BCUT2D eigenvalue weighted by Crippen LogP contribution is 2.41. The van der Waals surface area contributed by atoms with E-state index in [9.17, 15) is 0 Å². The standard InChI is InChI=1S/C22H30N4S/c1-16(2)15-26-21(20(24-22(26)27)18-11-6-7-13-23-18)19-12-8-14-25(19)17-9-4-3-5-10-17/h6-8,11-14,16-17,20-21H,3-5,9-10,15H2,1-2H3,(H,24,27)/t20-,21-/m1/s1. The van der Waals surface area contributed by atoms with E-state index in [1.165, 1.54) is 37.8 Å². The van der Waals surface area contributed by atoms with Crippen LogP contribution in [0.3, 0.4) is 0 Å². The molecule has 2 aromatic heterocycles. The van der Waals surface area contributed by atoms with Crippen molar-refractivity contribution in [3.63, 3.8) is 0 Å². The van der Waals surface area contributed by atoms with Crippen LogP contribution in [-0.4, -0.2) is 26.1 Å². The van der Waals surface area contributed by atoms with E-state index in [0.717, 1.165) is 17.4 Å². The molecule has 1 N–H and O–H groups in total. The summed E-state index contributed by atoms with van der Waals surface area (Å²) in [6.07, 6.45) is 10.8. The van der Waals surface area contributed by atoms with Crippen LogP contribution >= 0.6 is 12.2 Å². The number of pyridine rings is 1. The molecule has 2 fully saturated rings. The van der Waals surface area contributed by atoms with E-state index in [0.29, 0.717) is 12.0 Å². The second kappa shape index (κ2) is 8.01. The average molecular weight is 383 g/mol. The summed E-state index contributed by atoms with van der Waals surface area (Å²) >= 11 is 5.76. The molecule has 27 heavy (non-hydrogen) atoms. The van der Waals surface area contributed by atoms with Gasteiger partial charge in [0.1, 0.15) is 0 Å². The lowest BCUT2D eigenvalue weighted by Gasteiger charge is -2.33. The molecule has 144 valence electrons. The third kappa shape index (κ3) is 3.75. The topological polar surface area (TPSA) is 33.1 Å². The van der Waals surface area contributed by atoms with Gasteiger partial charge in [-0.3, -0.25) is 4.98 Å². The molecule has 2 atom stereocenters. The van der Waals surface area contributed by atoms with E-state index in [2.05, 4.69) is 64.1 Å². The maximum atomic E-state index is 5.76. The Morgan fingerprint density at radius 3 is 2.67 bits per heavy atom. The molecule has 5 heteroatoms. The van der Waals surface area contributed by atoms with Gasteiger partial charge in [-0.2, -0.15) is 0 Å². The van der Waals surface area contributed by atoms with Crippen LogP contribution in [0.4, 0.5) is 0 Å². The molecule has 4 nitrogen and oxygen atoms in total. The van der Waals surface area contributed by atoms with Gasteiger partial charge in [0, 0.05) is 30.7 Å². The summed E-state index contributed by atoms with van der Waals surface area (Å²) in [5.74, 6) is 0.549. The molecule has 2 aromatic rings. The van der Waals surface area contributed by atoms with Crippen LogP contribution in [0.1, 0.15) is 75.5 Å². The van der Waals surface area contributed by atoms with Crippen LogP contribution in [0.5, 0.6) is 0 Å². The van der Waals surface area contributed by atoms with Gasteiger partial charge < -0.3 is 14.8 Å². The van der Waals surface area contributed by atoms with Gasteiger partial charge in [0.2, 0.25) is 0 Å². The first kappa shape index (κ1) is 18.5. The Labute approximate surface area is 168 Å². The van der Waals surface area contributed by atoms with Crippen molar-refractivity contribution in [3.8, 4) is 0 Å². The van der Waals surface area contributed by atoms with Gasteiger partial charge in [-0.05, 0) is 55.2 Å². The quantitative estimate of drug-likeness (QED) is 0.736. The van der Waals surface area contributed by atoms with Crippen molar-refractivity contribution in [2.75, 3.05) is 6.54 Å². The average Bonchev–Trinajstić information content (AvgIpc) is 3.28. The summed E-state index contributed by atoms with van der Waals surface area (Å²) in [5.41, 5.74) is 2.43. The molecule has 3 heterocycles. The molecule has 1 saturated carbocycles. The third-order valence-corrected chi connectivity index (χ3v) is 6.19. The molecule has 0 bridgehead atoms. The van der Waals surface area contributed by atoms with Gasteiger partial charge in [-0.15, -0.1) is 0 Å². The van der Waals surface area contributed by atoms with E-state index in [1.54, 1.807) is 0 Å². The monoisotopic (exact) mass is 382 g/mol. The summed E-state index contributed by atoms with van der Waals surface area (Å²) in [6, 6.07) is 11.5. The number of nitrogens with one attached hydrogen (secondary N) is 1. The zero-order valence-electron chi connectivity index (χ0n) is 16.3. The summed E-state index contributed by atoms with van der Waals surface area (Å²) in [6.45, 7) is 5.47.